The summed E-state index contributed by atoms with van der Waals surface area (Å²) in [6.07, 6.45) is 4.61. The van der Waals surface area contributed by atoms with E-state index in [1.807, 2.05) is 11.6 Å². The second-order valence-electron chi connectivity index (χ2n) is 8.75. The van der Waals surface area contributed by atoms with E-state index >= 15 is 0 Å². The number of fused-ring (bicyclic) bond motifs is 1. The van der Waals surface area contributed by atoms with Crippen LogP contribution in [0.5, 0.6) is 5.75 Å². The summed E-state index contributed by atoms with van der Waals surface area (Å²) in [5.74, 6) is -0.524. The number of aliphatic hydroxyl groups excluding tert-OH is 1. The third kappa shape index (κ3) is 4.67. The molecule has 4 aromatic rings. The molecule has 0 radical (unpaired) electrons. The van der Waals surface area contributed by atoms with E-state index < -0.39 is 25.1 Å². The molecule has 0 aliphatic carbocycles. The number of hydrogen-bond acceptors (Lipinski definition) is 8. The number of ether oxygens (including phenoxy) is 1. The van der Waals surface area contributed by atoms with Gasteiger partial charge < -0.3 is 14.7 Å². The minimum absolute atomic E-state index is 0.0340. The summed E-state index contributed by atoms with van der Waals surface area (Å²) < 4.78 is 49.4. The third-order valence-electron chi connectivity index (χ3n) is 6.51. The van der Waals surface area contributed by atoms with Crippen LogP contribution in [-0.4, -0.2) is 59.2 Å². The van der Waals surface area contributed by atoms with Gasteiger partial charge in [0.15, 0.2) is 12.3 Å². The second kappa shape index (κ2) is 10.1. The number of piperidine rings is 1. The number of halogens is 3. The van der Waals surface area contributed by atoms with Crippen molar-refractivity contribution in [3.05, 3.63) is 54.0 Å². The minimum Gasteiger partial charge on any atom is -0.479 e. The average Bonchev–Trinajstić information content (AvgIpc) is 3.51. The first-order valence-corrected chi connectivity index (χ1v) is 11.6. The van der Waals surface area contributed by atoms with Gasteiger partial charge in [-0.15, -0.1) is 5.10 Å². The van der Waals surface area contributed by atoms with Crippen molar-refractivity contribution in [1.29, 1.82) is 5.26 Å². The van der Waals surface area contributed by atoms with Crippen LogP contribution in [0.1, 0.15) is 42.9 Å². The Labute approximate surface area is 209 Å². The molecule has 0 bridgehead atoms. The highest BCUT2D eigenvalue weighted by atomic mass is 19.3. The lowest BCUT2D eigenvalue weighted by molar-refractivity contribution is 0.0727. The molecule has 192 valence electrons. The number of alkyl halides is 2. The average molecular weight is 512 g/mol. The zero-order chi connectivity index (χ0) is 26.1. The maximum Gasteiger partial charge on any atom is 0.320 e. The van der Waals surface area contributed by atoms with Crippen molar-refractivity contribution in [1.82, 2.24) is 34.4 Å². The molecule has 1 N–H and O–H groups in total. The molecule has 1 saturated heterocycles. The van der Waals surface area contributed by atoms with Crippen LogP contribution in [-0.2, 0) is 0 Å². The van der Waals surface area contributed by atoms with Gasteiger partial charge in [0.1, 0.15) is 29.1 Å². The monoisotopic (exact) mass is 512 g/mol. The molecule has 1 atom stereocenters. The molecule has 1 aliphatic rings. The van der Waals surface area contributed by atoms with Crippen molar-refractivity contribution in [2.24, 2.45) is 0 Å². The maximum atomic E-state index is 13.8. The number of likely N-dealkylation sites (tertiary alicyclic amines) is 1. The van der Waals surface area contributed by atoms with Crippen LogP contribution < -0.4 is 4.74 Å². The van der Waals surface area contributed by atoms with E-state index in [1.54, 1.807) is 17.0 Å². The third-order valence-corrected chi connectivity index (χ3v) is 6.51. The highest BCUT2D eigenvalue weighted by Gasteiger charge is 2.26. The first-order chi connectivity index (χ1) is 17.9. The number of aromatic nitrogens is 6. The van der Waals surface area contributed by atoms with Crippen molar-refractivity contribution in [2.45, 2.75) is 38.5 Å². The lowest BCUT2D eigenvalue weighted by Crippen LogP contribution is -2.31. The van der Waals surface area contributed by atoms with Gasteiger partial charge >= 0.3 is 6.55 Å². The SMILES string of the molecule is Cc1c(-c2cc(OC(CO)c3ccc(F)cn3)c3c(c2)ncn3C(F)F)nnn1C1CCN(C#N)CC1. The van der Waals surface area contributed by atoms with E-state index in [2.05, 4.69) is 26.5 Å². The lowest BCUT2D eigenvalue weighted by atomic mass is 10.0. The normalized spacial score (nSPS) is 15.3. The maximum absolute atomic E-state index is 13.8. The molecule has 1 aromatic carbocycles. The number of benzene rings is 1. The molecule has 37 heavy (non-hydrogen) atoms. The van der Waals surface area contributed by atoms with Crippen molar-refractivity contribution in [3.8, 4) is 23.2 Å². The van der Waals surface area contributed by atoms with E-state index in [1.165, 1.54) is 12.1 Å². The molecule has 5 rings (SSSR count). The number of imidazole rings is 1. The fourth-order valence-corrected chi connectivity index (χ4v) is 4.59. The summed E-state index contributed by atoms with van der Waals surface area (Å²) in [4.78, 5) is 9.79. The van der Waals surface area contributed by atoms with Crippen molar-refractivity contribution < 1.29 is 23.0 Å². The molecule has 1 aliphatic heterocycles. The fourth-order valence-electron chi connectivity index (χ4n) is 4.59. The summed E-state index contributed by atoms with van der Waals surface area (Å²) >= 11 is 0. The van der Waals surface area contributed by atoms with Crippen LogP contribution in [0, 0.1) is 24.2 Å². The molecule has 1 unspecified atom stereocenters. The molecule has 3 aromatic heterocycles. The summed E-state index contributed by atoms with van der Waals surface area (Å²) in [6.45, 7) is -0.274. The Morgan fingerprint density at radius 1 is 1.22 bits per heavy atom. The van der Waals surface area contributed by atoms with Gasteiger partial charge in [0.25, 0.3) is 0 Å². The number of aliphatic hydroxyl groups is 1. The van der Waals surface area contributed by atoms with Gasteiger partial charge in [0.05, 0.1) is 35.8 Å². The lowest BCUT2D eigenvalue weighted by Gasteiger charge is -2.28. The Bertz CT molecular complexity index is 1440. The molecule has 0 amide bonds. The molecule has 0 saturated carbocycles. The Morgan fingerprint density at radius 3 is 2.65 bits per heavy atom. The van der Waals surface area contributed by atoms with E-state index in [4.69, 9.17) is 10.00 Å². The number of nitriles is 1. The van der Waals surface area contributed by atoms with E-state index in [0.29, 0.717) is 28.9 Å². The smallest absolute Gasteiger partial charge is 0.320 e. The van der Waals surface area contributed by atoms with Gasteiger partial charge in [-0.2, -0.15) is 14.0 Å². The minimum atomic E-state index is -2.88. The van der Waals surface area contributed by atoms with Crippen LogP contribution in [0.3, 0.4) is 0 Å². The van der Waals surface area contributed by atoms with Gasteiger partial charge in [-0.1, -0.05) is 5.21 Å². The van der Waals surface area contributed by atoms with Gasteiger partial charge in [0.2, 0.25) is 0 Å². The van der Waals surface area contributed by atoms with Crippen LogP contribution >= 0.6 is 0 Å². The second-order valence-corrected chi connectivity index (χ2v) is 8.75. The van der Waals surface area contributed by atoms with Crippen LogP contribution in [0.15, 0.2) is 36.8 Å². The predicted octanol–water partition coefficient (Wildman–Crippen LogP) is 3.76. The van der Waals surface area contributed by atoms with E-state index in [0.717, 1.165) is 31.1 Å². The topological polar surface area (TPSA) is 118 Å². The fraction of sp³-hybridized carbons (Fsp3) is 0.375. The quantitative estimate of drug-likeness (QED) is 0.372. The standard InChI is InChI=1S/C24H23F3N8O2/c1-14-22(31-32-35(14)17-4-6-33(12-28)7-5-17)15-8-19-23(34(13-30-19)24(26)27)20(9-15)37-21(11-36)18-3-2-16(25)10-29-18/h2-3,8-10,13,17,21,24,36H,4-7,11H2,1H3. The highest BCUT2D eigenvalue weighted by Crippen LogP contribution is 2.37. The number of nitrogens with zero attached hydrogens (tertiary/aromatic N) is 8. The van der Waals surface area contributed by atoms with Crippen molar-refractivity contribution in [2.75, 3.05) is 19.7 Å². The van der Waals surface area contributed by atoms with Crippen molar-refractivity contribution >= 4 is 11.0 Å². The largest absolute Gasteiger partial charge is 0.479 e. The summed E-state index contributed by atoms with van der Waals surface area (Å²) in [5, 5.41) is 27.7. The number of hydrogen-bond donors (Lipinski definition) is 1. The number of rotatable bonds is 7. The summed E-state index contributed by atoms with van der Waals surface area (Å²) in [6, 6.07) is 5.79. The highest BCUT2D eigenvalue weighted by molar-refractivity contribution is 5.87. The van der Waals surface area contributed by atoms with Gasteiger partial charge in [-0.05, 0) is 44.0 Å². The van der Waals surface area contributed by atoms with E-state index in [-0.39, 0.29) is 28.5 Å². The van der Waals surface area contributed by atoms with E-state index in [9.17, 15) is 18.3 Å². The summed E-state index contributed by atoms with van der Waals surface area (Å²) in [5.41, 5.74) is 2.36. The Balaban J connectivity index is 1.54. The molecular formula is C24H23F3N8O2. The van der Waals surface area contributed by atoms with Crippen molar-refractivity contribution in [3.63, 3.8) is 0 Å². The first-order valence-electron chi connectivity index (χ1n) is 11.6. The Morgan fingerprint density at radius 2 is 2.00 bits per heavy atom. The van der Waals surface area contributed by atoms with Gasteiger partial charge in [-0.3, -0.25) is 9.55 Å². The Kier molecular flexibility index (Phi) is 6.66. The predicted molar refractivity (Wildman–Crippen MR) is 125 cm³/mol. The molecule has 4 heterocycles. The first kappa shape index (κ1) is 24.5. The zero-order valence-electron chi connectivity index (χ0n) is 19.8. The molecule has 0 spiro atoms. The molecule has 13 heteroatoms. The number of pyridine rings is 1. The van der Waals surface area contributed by atoms with Crippen LogP contribution in [0.2, 0.25) is 0 Å². The molecule has 1 fully saturated rings. The Hall–Kier alpha value is -4.18. The van der Waals surface area contributed by atoms with Crippen LogP contribution in [0.25, 0.3) is 22.3 Å². The zero-order valence-corrected chi connectivity index (χ0v) is 19.8. The van der Waals surface area contributed by atoms with Crippen LogP contribution in [0.4, 0.5) is 13.2 Å². The molecular weight excluding hydrogens is 489 g/mol. The molecule has 10 nitrogen and oxygen atoms in total. The summed E-state index contributed by atoms with van der Waals surface area (Å²) in [7, 11) is 0. The van der Waals surface area contributed by atoms with Gasteiger partial charge in [-0.25, -0.2) is 14.1 Å². The van der Waals surface area contributed by atoms with Gasteiger partial charge in [0, 0.05) is 18.7 Å².